The molecule has 1 atom stereocenters. The first-order chi connectivity index (χ1) is 13.0. The molecule has 2 aromatic rings. The van der Waals surface area contributed by atoms with Crippen molar-refractivity contribution in [3.63, 3.8) is 0 Å². The molecule has 1 unspecified atom stereocenters. The van der Waals surface area contributed by atoms with Crippen molar-refractivity contribution in [3.05, 3.63) is 35.3 Å². The van der Waals surface area contributed by atoms with Crippen LogP contribution in [-0.4, -0.2) is 52.1 Å². The van der Waals surface area contributed by atoms with E-state index in [2.05, 4.69) is 15.3 Å². The van der Waals surface area contributed by atoms with Gasteiger partial charge >= 0.3 is 0 Å². The fourth-order valence-electron chi connectivity index (χ4n) is 3.76. The molecule has 2 aliphatic heterocycles. The van der Waals surface area contributed by atoms with Crippen LogP contribution in [0.4, 0.5) is 0 Å². The van der Waals surface area contributed by atoms with Crippen molar-refractivity contribution >= 4 is 5.91 Å². The number of carbonyl (C=O) groups is 1. The van der Waals surface area contributed by atoms with Gasteiger partial charge in [-0.05, 0) is 38.9 Å². The molecule has 142 valence electrons. The highest BCUT2D eigenvalue weighted by atomic mass is 16.5. The summed E-state index contributed by atoms with van der Waals surface area (Å²) in [5.74, 6) is 0.694. The summed E-state index contributed by atoms with van der Waals surface area (Å²) >= 11 is 0. The third-order valence-electron chi connectivity index (χ3n) is 5.19. The maximum atomic E-state index is 12.8. The van der Waals surface area contributed by atoms with E-state index in [1.165, 1.54) is 0 Å². The van der Waals surface area contributed by atoms with Crippen LogP contribution >= 0.6 is 0 Å². The van der Waals surface area contributed by atoms with Crippen LogP contribution in [0.25, 0.3) is 11.3 Å². The molecule has 0 saturated carbocycles. The Morgan fingerprint density at radius 2 is 2.22 bits per heavy atom. The average molecular weight is 368 g/mol. The van der Waals surface area contributed by atoms with Crippen LogP contribution in [0, 0.1) is 19.8 Å². The Hall–Kier alpha value is -2.67. The second-order valence-corrected chi connectivity index (χ2v) is 7.23. The minimum Gasteiger partial charge on any atom is -0.504 e. The lowest BCUT2D eigenvalue weighted by Gasteiger charge is -2.23. The normalized spacial score (nSPS) is 19.3. The quantitative estimate of drug-likeness (QED) is 0.840. The van der Waals surface area contributed by atoms with Crippen molar-refractivity contribution in [1.82, 2.24) is 20.2 Å². The van der Waals surface area contributed by atoms with Gasteiger partial charge in [0.25, 0.3) is 0 Å². The van der Waals surface area contributed by atoms with Gasteiger partial charge in [-0.25, -0.2) is 4.98 Å². The Labute approximate surface area is 158 Å². The SMILES string of the molecule is Cc1cnc(C)c(-c2cc(O)c3c(c2)CN(C(=O)C2CCNC2)CCO3)n1. The molecular weight excluding hydrogens is 344 g/mol. The van der Waals surface area contributed by atoms with Gasteiger partial charge in [0, 0.05) is 30.4 Å². The van der Waals surface area contributed by atoms with Crippen molar-refractivity contribution in [2.24, 2.45) is 5.92 Å². The number of hydrogen-bond donors (Lipinski definition) is 2. The molecule has 4 rings (SSSR count). The monoisotopic (exact) mass is 368 g/mol. The van der Waals surface area contributed by atoms with Crippen molar-refractivity contribution in [2.45, 2.75) is 26.8 Å². The standard InChI is InChI=1S/C20H24N4O3/c1-12-9-22-13(2)18(23-12)15-7-16-11-24(20(26)14-3-4-21-10-14)5-6-27-19(16)17(25)8-15/h7-9,14,21,25H,3-6,10-11H2,1-2H3. The number of nitrogens with one attached hydrogen (secondary N) is 1. The summed E-state index contributed by atoms with van der Waals surface area (Å²) in [4.78, 5) is 23.6. The van der Waals surface area contributed by atoms with E-state index in [1.807, 2.05) is 24.8 Å². The molecule has 0 bridgehead atoms. The van der Waals surface area contributed by atoms with Crippen LogP contribution in [0.1, 0.15) is 23.4 Å². The smallest absolute Gasteiger partial charge is 0.227 e. The number of fused-ring (bicyclic) bond motifs is 1. The summed E-state index contributed by atoms with van der Waals surface area (Å²) in [5, 5.41) is 13.8. The van der Waals surface area contributed by atoms with E-state index in [0.29, 0.717) is 25.4 Å². The summed E-state index contributed by atoms with van der Waals surface area (Å²) < 4.78 is 5.77. The van der Waals surface area contributed by atoms with Crippen LogP contribution in [-0.2, 0) is 11.3 Å². The summed E-state index contributed by atoms with van der Waals surface area (Å²) in [6.45, 7) is 6.70. The van der Waals surface area contributed by atoms with E-state index in [4.69, 9.17) is 4.74 Å². The Balaban J connectivity index is 1.69. The van der Waals surface area contributed by atoms with Gasteiger partial charge in [0.05, 0.1) is 29.5 Å². The molecular formula is C20H24N4O3. The summed E-state index contributed by atoms with van der Waals surface area (Å²) in [5.41, 5.74) is 3.91. The van der Waals surface area contributed by atoms with E-state index in [0.717, 1.165) is 47.7 Å². The Kier molecular flexibility index (Phi) is 4.70. The topological polar surface area (TPSA) is 87.6 Å². The molecule has 7 nitrogen and oxygen atoms in total. The number of hydrogen-bond acceptors (Lipinski definition) is 6. The van der Waals surface area contributed by atoms with Gasteiger partial charge in [0.2, 0.25) is 5.91 Å². The third-order valence-corrected chi connectivity index (χ3v) is 5.19. The minimum absolute atomic E-state index is 0.0215. The predicted molar refractivity (Wildman–Crippen MR) is 100 cm³/mol. The number of phenolic OH excluding ortho intramolecular Hbond substituents is 1. The van der Waals surface area contributed by atoms with Crippen LogP contribution < -0.4 is 10.1 Å². The zero-order chi connectivity index (χ0) is 19.0. The van der Waals surface area contributed by atoms with Gasteiger partial charge in [-0.15, -0.1) is 0 Å². The van der Waals surface area contributed by atoms with Crippen molar-refractivity contribution in [1.29, 1.82) is 0 Å². The van der Waals surface area contributed by atoms with E-state index < -0.39 is 0 Å². The number of carbonyl (C=O) groups excluding carboxylic acids is 1. The van der Waals surface area contributed by atoms with E-state index in [1.54, 1.807) is 12.3 Å². The number of aromatic hydroxyl groups is 1. The third kappa shape index (κ3) is 3.47. The number of phenols is 1. The summed E-state index contributed by atoms with van der Waals surface area (Å²) in [6.07, 6.45) is 2.59. The minimum atomic E-state index is 0.0215. The Morgan fingerprint density at radius 3 is 3.00 bits per heavy atom. The van der Waals surface area contributed by atoms with Gasteiger partial charge < -0.3 is 20.1 Å². The molecule has 2 aliphatic rings. The van der Waals surface area contributed by atoms with Crippen LogP contribution in [0.2, 0.25) is 0 Å². The molecule has 0 aliphatic carbocycles. The maximum Gasteiger partial charge on any atom is 0.227 e. The van der Waals surface area contributed by atoms with Crippen LogP contribution in [0.3, 0.4) is 0 Å². The fourth-order valence-corrected chi connectivity index (χ4v) is 3.76. The van der Waals surface area contributed by atoms with Gasteiger partial charge in [0.15, 0.2) is 11.5 Å². The van der Waals surface area contributed by atoms with Crippen molar-refractivity contribution in [3.8, 4) is 22.8 Å². The molecule has 2 N–H and O–H groups in total. The lowest BCUT2D eigenvalue weighted by molar-refractivity contribution is -0.135. The highest BCUT2D eigenvalue weighted by Crippen LogP contribution is 2.38. The largest absolute Gasteiger partial charge is 0.504 e. The number of aromatic nitrogens is 2. The number of amides is 1. The van der Waals surface area contributed by atoms with E-state index in [-0.39, 0.29) is 17.6 Å². The van der Waals surface area contributed by atoms with Crippen molar-refractivity contribution < 1.29 is 14.6 Å². The van der Waals surface area contributed by atoms with Crippen LogP contribution in [0.5, 0.6) is 11.5 Å². The molecule has 27 heavy (non-hydrogen) atoms. The zero-order valence-electron chi connectivity index (χ0n) is 15.7. The first-order valence-electron chi connectivity index (χ1n) is 9.31. The Bertz CT molecular complexity index is 878. The van der Waals surface area contributed by atoms with Gasteiger partial charge in [-0.1, -0.05) is 0 Å². The van der Waals surface area contributed by atoms with E-state index in [9.17, 15) is 9.90 Å². The maximum absolute atomic E-state index is 12.8. The van der Waals surface area contributed by atoms with E-state index >= 15 is 0 Å². The number of rotatable bonds is 2. The first kappa shape index (κ1) is 17.7. The first-order valence-corrected chi connectivity index (χ1v) is 9.31. The summed E-state index contributed by atoms with van der Waals surface area (Å²) in [6, 6.07) is 3.61. The Morgan fingerprint density at radius 1 is 1.37 bits per heavy atom. The lowest BCUT2D eigenvalue weighted by Crippen LogP contribution is -2.37. The number of ether oxygens (including phenoxy) is 1. The number of aryl methyl sites for hydroxylation is 2. The highest BCUT2D eigenvalue weighted by molar-refractivity contribution is 5.80. The average Bonchev–Trinajstić information content (AvgIpc) is 3.10. The zero-order valence-corrected chi connectivity index (χ0v) is 15.7. The van der Waals surface area contributed by atoms with Crippen LogP contribution in [0.15, 0.2) is 18.3 Å². The van der Waals surface area contributed by atoms with Crippen molar-refractivity contribution in [2.75, 3.05) is 26.2 Å². The molecule has 7 heteroatoms. The molecule has 0 radical (unpaired) electrons. The van der Waals surface area contributed by atoms with Gasteiger partial charge in [-0.2, -0.15) is 0 Å². The molecule has 1 fully saturated rings. The molecule has 1 aromatic carbocycles. The van der Waals surface area contributed by atoms with Gasteiger partial charge in [-0.3, -0.25) is 9.78 Å². The molecule has 3 heterocycles. The number of nitrogens with zero attached hydrogens (tertiary/aromatic N) is 3. The molecule has 1 amide bonds. The second-order valence-electron chi connectivity index (χ2n) is 7.23. The fraction of sp³-hybridized carbons (Fsp3) is 0.450. The second kappa shape index (κ2) is 7.15. The highest BCUT2D eigenvalue weighted by Gasteiger charge is 2.30. The lowest BCUT2D eigenvalue weighted by atomic mass is 10.0. The van der Waals surface area contributed by atoms with Gasteiger partial charge in [0.1, 0.15) is 6.61 Å². The summed E-state index contributed by atoms with van der Waals surface area (Å²) in [7, 11) is 0. The molecule has 1 aromatic heterocycles. The predicted octanol–water partition coefficient (Wildman–Crippen LogP) is 1.80. The molecule has 1 saturated heterocycles. The molecule has 0 spiro atoms. The number of benzene rings is 1.